The number of fused-ring (bicyclic) bond motifs is 1. The van der Waals surface area contributed by atoms with Gasteiger partial charge in [-0.1, -0.05) is 23.2 Å². The molecule has 11 heteroatoms. The van der Waals surface area contributed by atoms with Gasteiger partial charge in [0.2, 0.25) is 11.8 Å². The molecular weight excluding hydrogens is 516 g/mol. The van der Waals surface area contributed by atoms with E-state index in [2.05, 4.69) is 30.4 Å². The first kappa shape index (κ1) is 24.1. The SMILES string of the molecule is CCn1cc(-c2n[nH]c3ccc(-c4nnc(C5CCCN(Cc6cc(F)c(Cl)cc6Cl)C5)o4)cc23)cn1. The van der Waals surface area contributed by atoms with Crippen molar-refractivity contribution in [1.29, 1.82) is 0 Å². The number of piperidine rings is 1. The second kappa shape index (κ2) is 9.89. The zero-order valence-corrected chi connectivity index (χ0v) is 21.6. The number of hydrogen-bond acceptors (Lipinski definition) is 6. The summed E-state index contributed by atoms with van der Waals surface area (Å²) in [5.41, 5.74) is 4.23. The second-order valence-corrected chi connectivity index (χ2v) is 10.1. The largest absolute Gasteiger partial charge is 0.420 e. The summed E-state index contributed by atoms with van der Waals surface area (Å²) < 4.78 is 22.0. The number of aromatic nitrogens is 6. The summed E-state index contributed by atoms with van der Waals surface area (Å²) >= 11 is 12.2. The Morgan fingerprint density at radius 1 is 1.14 bits per heavy atom. The van der Waals surface area contributed by atoms with Gasteiger partial charge in [-0.15, -0.1) is 10.2 Å². The summed E-state index contributed by atoms with van der Waals surface area (Å²) in [7, 11) is 0. The average molecular weight is 540 g/mol. The third kappa shape index (κ3) is 4.74. The molecule has 0 aliphatic carbocycles. The van der Waals surface area contributed by atoms with Gasteiger partial charge >= 0.3 is 0 Å². The smallest absolute Gasteiger partial charge is 0.247 e. The summed E-state index contributed by atoms with van der Waals surface area (Å²) in [6.07, 6.45) is 5.70. The van der Waals surface area contributed by atoms with Gasteiger partial charge in [-0.05, 0) is 62.2 Å². The molecule has 6 rings (SSSR count). The van der Waals surface area contributed by atoms with E-state index in [-0.39, 0.29) is 10.9 Å². The van der Waals surface area contributed by atoms with Gasteiger partial charge in [-0.25, -0.2) is 4.39 Å². The molecule has 2 aromatic carbocycles. The molecule has 1 atom stereocenters. The highest BCUT2D eigenvalue weighted by Gasteiger charge is 2.27. The first-order valence-electron chi connectivity index (χ1n) is 12.2. The van der Waals surface area contributed by atoms with Gasteiger partial charge in [0.15, 0.2) is 0 Å². The predicted octanol–water partition coefficient (Wildman–Crippen LogP) is 6.32. The molecular formula is C26H24Cl2FN7O. The molecule has 37 heavy (non-hydrogen) atoms. The first-order valence-corrected chi connectivity index (χ1v) is 12.9. The van der Waals surface area contributed by atoms with Crippen LogP contribution in [0.15, 0.2) is 47.1 Å². The summed E-state index contributed by atoms with van der Waals surface area (Å²) in [6.45, 7) is 4.96. The van der Waals surface area contributed by atoms with Crippen LogP contribution in [-0.4, -0.2) is 48.2 Å². The van der Waals surface area contributed by atoms with E-state index in [1.807, 2.05) is 42.2 Å². The molecule has 0 spiro atoms. The zero-order chi connectivity index (χ0) is 25.5. The fourth-order valence-corrected chi connectivity index (χ4v) is 5.31. The van der Waals surface area contributed by atoms with Crippen molar-refractivity contribution in [2.45, 2.75) is 38.8 Å². The van der Waals surface area contributed by atoms with Crippen LogP contribution in [0.1, 0.15) is 37.1 Å². The number of nitrogens with one attached hydrogen (secondary N) is 1. The molecule has 1 saturated heterocycles. The lowest BCUT2D eigenvalue weighted by Gasteiger charge is -2.31. The Morgan fingerprint density at radius 2 is 2.03 bits per heavy atom. The predicted molar refractivity (Wildman–Crippen MR) is 140 cm³/mol. The Balaban J connectivity index is 1.22. The monoisotopic (exact) mass is 539 g/mol. The van der Waals surface area contributed by atoms with Gasteiger partial charge < -0.3 is 4.42 Å². The Hall–Kier alpha value is -3.27. The molecule has 0 amide bonds. The molecule has 4 heterocycles. The number of benzene rings is 2. The first-order chi connectivity index (χ1) is 18.0. The van der Waals surface area contributed by atoms with Gasteiger partial charge in [-0.3, -0.25) is 14.7 Å². The number of aromatic amines is 1. The Kier molecular flexibility index (Phi) is 6.44. The van der Waals surface area contributed by atoms with Gasteiger partial charge in [0.1, 0.15) is 11.5 Å². The minimum absolute atomic E-state index is 0.0282. The lowest BCUT2D eigenvalue weighted by Crippen LogP contribution is -2.34. The van der Waals surface area contributed by atoms with Crippen molar-refractivity contribution in [2.24, 2.45) is 0 Å². The minimum Gasteiger partial charge on any atom is -0.420 e. The minimum atomic E-state index is -0.465. The van der Waals surface area contributed by atoms with Crippen LogP contribution in [-0.2, 0) is 13.1 Å². The molecule has 5 aromatic rings. The van der Waals surface area contributed by atoms with Crippen molar-refractivity contribution in [1.82, 2.24) is 35.1 Å². The van der Waals surface area contributed by atoms with Crippen molar-refractivity contribution in [3.63, 3.8) is 0 Å². The van der Waals surface area contributed by atoms with Crippen LogP contribution in [0.25, 0.3) is 33.6 Å². The highest BCUT2D eigenvalue weighted by atomic mass is 35.5. The van der Waals surface area contributed by atoms with E-state index in [9.17, 15) is 4.39 Å². The molecule has 0 bridgehead atoms. The van der Waals surface area contributed by atoms with E-state index in [1.165, 1.54) is 12.1 Å². The molecule has 8 nitrogen and oxygen atoms in total. The Bertz CT molecular complexity index is 1580. The maximum Gasteiger partial charge on any atom is 0.247 e. The van der Waals surface area contributed by atoms with E-state index in [4.69, 9.17) is 27.6 Å². The second-order valence-electron chi connectivity index (χ2n) is 9.29. The molecule has 0 radical (unpaired) electrons. The van der Waals surface area contributed by atoms with Gasteiger partial charge in [0, 0.05) is 47.4 Å². The Morgan fingerprint density at radius 3 is 2.86 bits per heavy atom. The van der Waals surface area contributed by atoms with Gasteiger partial charge in [0.05, 0.1) is 22.7 Å². The lowest BCUT2D eigenvalue weighted by atomic mass is 9.97. The number of H-pyrrole nitrogens is 1. The van der Waals surface area contributed by atoms with E-state index in [1.54, 1.807) is 0 Å². The van der Waals surface area contributed by atoms with Crippen LogP contribution < -0.4 is 0 Å². The maximum absolute atomic E-state index is 14.0. The summed E-state index contributed by atoms with van der Waals surface area (Å²) in [6, 6.07) is 8.79. The van der Waals surface area contributed by atoms with E-state index in [0.29, 0.717) is 35.5 Å². The molecule has 190 valence electrons. The normalized spacial score (nSPS) is 16.6. The third-order valence-electron chi connectivity index (χ3n) is 6.82. The molecule has 1 unspecified atom stereocenters. The lowest BCUT2D eigenvalue weighted by molar-refractivity contribution is 0.186. The summed E-state index contributed by atoms with van der Waals surface area (Å²) in [4.78, 5) is 2.23. The molecule has 1 aliphatic heterocycles. The third-order valence-corrected chi connectivity index (χ3v) is 7.46. The van der Waals surface area contributed by atoms with E-state index in [0.717, 1.165) is 53.7 Å². The standard InChI is InChI=1S/C26H24Cl2FN7O/c1-2-36-14-18(11-30-36)24-19-8-15(5-6-23(19)31-32-24)25-33-34-26(37-25)16-4-3-7-35(12-16)13-17-9-22(29)21(28)10-20(17)27/h5-6,8-11,14,16H,2-4,7,12-13H2,1H3,(H,31,32). The van der Waals surface area contributed by atoms with Gasteiger partial charge in [0.25, 0.3) is 0 Å². The number of hydrogen-bond donors (Lipinski definition) is 1. The summed E-state index contributed by atoms with van der Waals surface area (Å²) in [5, 5.41) is 22.1. The topological polar surface area (TPSA) is 88.7 Å². The van der Waals surface area contributed by atoms with Crippen LogP contribution in [0.4, 0.5) is 4.39 Å². The highest BCUT2D eigenvalue weighted by Crippen LogP contribution is 2.33. The highest BCUT2D eigenvalue weighted by molar-refractivity contribution is 6.35. The Labute approximate surface area is 222 Å². The number of aryl methyl sites for hydroxylation is 1. The number of halogens is 3. The number of likely N-dealkylation sites (tertiary alicyclic amines) is 1. The molecule has 1 N–H and O–H groups in total. The fraction of sp³-hybridized carbons (Fsp3) is 0.308. The van der Waals surface area contributed by atoms with Crippen LogP contribution >= 0.6 is 23.2 Å². The van der Waals surface area contributed by atoms with Crippen LogP contribution in [0, 0.1) is 5.82 Å². The van der Waals surface area contributed by atoms with E-state index >= 15 is 0 Å². The van der Waals surface area contributed by atoms with Gasteiger partial charge in [-0.2, -0.15) is 10.2 Å². The van der Waals surface area contributed by atoms with Crippen molar-refractivity contribution >= 4 is 34.1 Å². The quantitative estimate of drug-likeness (QED) is 0.254. The molecule has 0 saturated carbocycles. The zero-order valence-electron chi connectivity index (χ0n) is 20.1. The fourth-order valence-electron chi connectivity index (χ4n) is 4.87. The molecule has 1 aliphatic rings. The number of nitrogens with zero attached hydrogens (tertiary/aromatic N) is 6. The van der Waals surface area contributed by atoms with Crippen molar-refractivity contribution < 1.29 is 8.81 Å². The van der Waals surface area contributed by atoms with E-state index < -0.39 is 5.82 Å². The van der Waals surface area contributed by atoms with Crippen LogP contribution in [0.2, 0.25) is 10.0 Å². The van der Waals surface area contributed by atoms with Crippen LogP contribution in [0.5, 0.6) is 0 Å². The van der Waals surface area contributed by atoms with Crippen molar-refractivity contribution in [3.05, 3.63) is 70.0 Å². The maximum atomic E-state index is 14.0. The molecule has 1 fully saturated rings. The van der Waals surface area contributed by atoms with Crippen molar-refractivity contribution in [2.75, 3.05) is 13.1 Å². The summed E-state index contributed by atoms with van der Waals surface area (Å²) in [5.74, 6) is 0.685. The van der Waals surface area contributed by atoms with Crippen LogP contribution in [0.3, 0.4) is 0 Å². The van der Waals surface area contributed by atoms with Crippen molar-refractivity contribution in [3.8, 4) is 22.7 Å². The average Bonchev–Trinajstić information content (AvgIpc) is 3.66. The molecule has 3 aromatic heterocycles. The number of rotatable bonds is 6.